The molecule has 0 spiro atoms. The summed E-state index contributed by atoms with van der Waals surface area (Å²) in [5, 5.41) is 3.27. The minimum Gasteiger partial charge on any atom is -0.339 e. The number of hydrogen-bond acceptors (Lipinski definition) is 6. The second-order valence-corrected chi connectivity index (χ2v) is 7.80. The fraction of sp³-hybridized carbons (Fsp3) is 0.292. The van der Waals surface area contributed by atoms with Gasteiger partial charge in [-0.2, -0.15) is 0 Å². The van der Waals surface area contributed by atoms with Gasteiger partial charge in [0.2, 0.25) is 5.91 Å². The normalized spacial score (nSPS) is 16.4. The molecular formula is C24H26N6O. The van der Waals surface area contributed by atoms with E-state index in [1.54, 1.807) is 31.0 Å². The lowest BCUT2D eigenvalue weighted by Gasteiger charge is -2.32. The Morgan fingerprint density at radius 3 is 2.97 bits per heavy atom. The zero-order valence-electron chi connectivity index (χ0n) is 17.6. The van der Waals surface area contributed by atoms with Gasteiger partial charge in [-0.3, -0.25) is 9.78 Å². The maximum atomic E-state index is 12.6. The predicted molar refractivity (Wildman–Crippen MR) is 121 cm³/mol. The van der Waals surface area contributed by atoms with Gasteiger partial charge in [0.1, 0.15) is 18.0 Å². The molecular weight excluding hydrogens is 388 g/mol. The number of likely N-dealkylation sites (tertiary alicyclic amines) is 1. The molecule has 1 aliphatic heterocycles. The van der Waals surface area contributed by atoms with Crippen LogP contribution in [0, 0.1) is 12.8 Å². The van der Waals surface area contributed by atoms with Gasteiger partial charge in [-0.05, 0) is 61.4 Å². The summed E-state index contributed by atoms with van der Waals surface area (Å²) in [5.41, 5.74) is 2.95. The van der Waals surface area contributed by atoms with E-state index in [4.69, 9.17) is 0 Å². The number of aryl methyl sites for hydroxylation is 1. The van der Waals surface area contributed by atoms with Crippen LogP contribution in [0.2, 0.25) is 0 Å². The highest BCUT2D eigenvalue weighted by atomic mass is 16.2. The lowest BCUT2D eigenvalue weighted by molar-refractivity contribution is -0.127. The molecule has 0 radical (unpaired) electrons. The van der Waals surface area contributed by atoms with Crippen molar-refractivity contribution in [2.75, 3.05) is 18.4 Å². The first-order chi connectivity index (χ1) is 15.2. The monoisotopic (exact) mass is 414 g/mol. The Balaban J connectivity index is 1.36. The lowest BCUT2D eigenvalue weighted by atomic mass is 9.93. The third-order valence-electron chi connectivity index (χ3n) is 5.41. The summed E-state index contributed by atoms with van der Waals surface area (Å²) < 4.78 is 0. The highest BCUT2D eigenvalue weighted by molar-refractivity contribution is 5.91. The Morgan fingerprint density at radius 2 is 2.13 bits per heavy atom. The number of nitrogens with one attached hydrogen (secondary N) is 1. The van der Waals surface area contributed by atoms with Crippen molar-refractivity contribution in [2.45, 2.75) is 26.2 Å². The summed E-state index contributed by atoms with van der Waals surface area (Å²) in [6.45, 7) is 3.54. The molecule has 0 bridgehead atoms. The SMILES string of the molecule is Cc1cccnc1Nc1cc(CC2CCCN(C(=O)C=Cc3cccnc3)C2)ncn1. The molecule has 0 aliphatic carbocycles. The molecule has 0 saturated carbocycles. The van der Waals surface area contributed by atoms with E-state index in [9.17, 15) is 4.79 Å². The Morgan fingerprint density at radius 1 is 1.23 bits per heavy atom. The molecule has 1 aliphatic rings. The topological polar surface area (TPSA) is 83.9 Å². The van der Waals surface area contributed by atoms with E-state index < -0.39 is 0 Å². The van der Waals surface area contributed by atoms with E-state index in [2.05, 4.69) is 25.3 Å². The molecule has 1 fully saturated rings. The molecule has 1 N–H and O–H groups in total. The van der Waals surface area contributed by atoms with Crippen molar-refractivity contribution < 1.29 is 4.79 Å². The van der Waals surface area contributed by atoms with Crippen molar-refractivity contribution in [2.24, 2.45) is 5.92 Å². The largest absolute Gasteiger partial charge is 0.339 e. The summed E-state index contributed by atoms with van der Waals surface area (Å²) >= 11 is 0. The minimum absolute atomic E-state index is 0.0456. The second kappa shape index (κ2) is 9.93. The Kier molecular flexibility index (Phi) is 6.62. The third-order valence-corrected chi connectivity index (χ3v) is 5.41. The molecule has 0 aromatic carbocycles. The Bertz CT molecular complexity index is 1050. The summed E-state index contributed by atoms with van der Waals surface area (Å²) in [6.07, 6.45) is 13.2. The van der Waals surface area contributed by atoms with Crippen molar-refractivity contribution in [3.63, 3.8) is 0 Å². The molecule has 1 saturated heterocycles. The molecule has 3 aromatic heterocycles. The molecule has 1 unspecified atom stereocenters. The maximum Gasteiger partial charge on any atom is 0.246 e. The fourth-order valence-corrected chi connectivity index (χ4v) is 3.79. The molecule has 31 heavy (non-hydrogen) atoms. The van der Waals surface area contributed by atoms with Gasteiger partial charge < -0.3 is 10.2 Å². The van der Waals surface area contributed by atoms with Crippen LogP contribution in [0.25, 0.3) is 6.08 Å². The van der Waals surface area contributed by atoms with E-state index in [0.29, 0.717) is 5.92 Å². The molecule has 7 heteroatoms. The molecule has 158 valence electrons. The van der Waals surface area contributed by atoms with Crippen molar-refractivity contribution in [3.8, 4) is 0 Å². The number of anilines is 2. The number of amides is 1. The van der Waals surface area contributed by atoms with Crippen LogP contribution in [0.5, 0.6) is 0 Å². The molecule has 1 amide bonds. The number of aromatic nitrogens is 4. The van der Waals surface area contributed by atoms with Crippen LogP contribution in [0.15, 0.2) is 61.3 Å². The Labute approximate surface area is 182 Å². The van der Waals surface area contributed by atoms with Gasteiger partial charge in [-0.25, -0.2) is 15.0 Å². The number of piperidine rings is 1. The summed E-state index contributed by atoms with van der Waals surface area (Å²) in [4.78, 5) is 31.8. The molecule has 1 atom stereocenters. The zero-order valence-corrected chi connectivity index (χ0v) is 17.6. The van der Waals surface area contributed by atoms with Crippen LogP contribution in [0.1, 0.15) is 29.7 Å². The van der Waals surface area contributed by atoms with Crippen molar-refractivity contribution in [3.05, 3.63) is 78.1 Å². The van der Waals surface area contributed by atoms with Crippen LogP contribution in [-0.4, -0.2) is 43.8 Å². The summed E-state index contributed by atoms with van der Waals surface area (Å²) in [5.74, 6) is 1.95. The zero-order chi connectivity index (χ0) is 21.5. The van der Waals surface area contributed by atoms with Crippen LogP contribution >= 0.6 is 0 Å². The minimum atomic E-state index is 0.0456. The van der Waals surface area contributed by atoms with Gasteiger partial charge in [-0.15, -0.1) is 0 Å². The average Bonchev–Trinajstić information content (AvgIpc) is 2.80. The van der Waals surface area contributed by atoms with Crippen molar-refractivity contribution >= 4 is 23.6 Å². The van der Waals surface area contributed by atoms with Gasteiger partial charge in [0, 0.05) is 49.5 Å². The van der Waals surface area contributed by atoms with Gasteiger partial charge in [0.15, 0.2) is 0 Å². The van der Waals surface area contributed by atoms with E-state index in [0.717, 1.165) is 60.8 Å². The van der Waals surface area contributed by atoms with Crippen molar-refractivity contribution in [1.82, 2.24) is 24.8 Å². The molecule has 4 heterocycles. The summed E-state index contributed by atoms with van der Waals surface area (Å²) in [6, 6.07) is 9.68. The van der Waals surface area contributed by atoms with Crippen LogP contribution in [0.3, 0.4) is 0 Å². The van der Waals surface area contributed by atoms with E-state index in [1.807, 2.05) is 48.2 Å². The molecule has 4 rings (SSSR count). The number of rotatable bonds is 6. The number of pyridine rings is 2. The van der Waals surface area contributed by atoms with Crippen molar-refractivity contribution in [1.29, 1.82) is 0 Å². The number of nitrogens with zero attached hydrogens (tertiary/aromatic N) is 5. The number of carbonyl (C=O) groups is 1. The maximum absolute atomic E-state index is 12.6. The van der Waals surface area contributed by atoms with Gasteiger partial charge in [-0.1, -0.05) is 12.1 Å². The third kappa shape index (κ3) is 5.72. The molecule has 7 nitrogen and oxygen atoms in total. The average molecular weight is 415 g/mol. The van der Waals surface area contributed by atoms with Crippen LogP contribution < -0.4 is 5.32 Å². The van der Waals surface area contributed by atoms with E-state index in [1.165, 1.54) is 0 Å². The standard InChI is InChI=1S/C24H26N6O/c1-18-5-2-11-26-24(18)29-22-14-21(27-17-28-22)13-20-7-4-12-30(16-20)23(31)9-8-19-6-3-10-25-15-19/h2-3,5-6,8-11,14-15,17,20H,4,7,12-13,16H2,1H3,(H,26,27,28,29). The highest BCUT2D eigenvalue weighted by Gasteiger charge is 2.23. The second-order valence-electron chi connectivity index (χ2n) is 7.80. The van der Waals surface area contributed by atoms with Crippen LogP contribution in [-0.2, 0) is 11.2 Å². The van der Waals surface area contributed by atoms with Gasteiger partial charge >= 0.3 is 0 Å². The smallest absolute Gasteiger partial charge is 0.246 e. The first kappa shape index (κ1) is 20.7. The first-order valence-corrected chi connectivity index (χ1v) is 10.5. The summed E-state index contributed by atoms with van der Waals surface area (Å²) in [7, 11) is 0. The number of hydrogen-bond donors (Lipinski definition) is 1. The fourth-order valence-electron chi connectivity index (χ4n) is 3.79. The Hall–Kier alpha value is -3.61. The van der Waals surface area contributed by atoms with Gasteiger partial charge in [0.25, 0.3) is 0 Å². The van der Waals surface area contributed by atoms with Gasteiger partial charge in [0.05, 0.1) is 0 Å². The van der Waals surface area contributed by atoms with E-state index in [-0.39, 0.29) is 5.91 Å². The predicted octanol–water partition coefficient (Wildman–Crippen LogP) is 3.81. The quantitative estimate of drug-likeness (QED) is 0.618. The lowest BCUT2D eigenvalue weighted by Crippen LogP contribution is -2.39. The highest BCUT2D eigenvalue weighted by Crippen LogP contribution is 2.22. The number of carbonyl (C=O) groups excluding carboxylic acids is 1. The van der Waals surface area contributed by atoms with Crippen LogP contribution in [0.4, 0.5) is 11.6 Å². The molecule has 3 aromatic rings. The van der Waals surface area contributed by atoms with E-state index >= 15 is 0 Å². The first-order valence-electron chi connectivity index (χ1n) is 10.5.